The van der Waals surface area contributed by atoms with E-state index in [0.29, 0.717) is 36.3 Å². The van der Waals surface area contributed by atoms with Crippen molar-refractivity contribution in [3.05, 3.63) is 64.5 Å². The van der Waals surface area contributed by atoms with Crippen LogP contribution in [0.3, 0.4) is 0 Å². The molecule has 0 bridgehead atoms. The van der Waals surface area contributed by atoms with Gasteiger partial charge in [-0.15, -0.1) is 0 Å². The molecule has 2 aliphatic heterocycles. The lowest BCUT2D eigenvalue weighted by atomic mass is 9.86. The minimum atomic E-state index is -4.81. The summed E-state index contributed by atoms with van der Waals surface area (Å²) in [5.74, 6) is -2.62. The minimum Gasteiger partial charge on any atom is -0.345 e. The second-order valence-electron chi connectivity index (χ2n) is 8.27. The Hall–Kier alpha value is -3.43. The van der Waals surface area contributed by atoms with Crippen LogP contribution in [0.5, 0.6) is 0 Å². The van der Waals surface area contributed by atoms with Gasteiger partial charge in [-0.1, -0.05) is 6.07 Å². The number of benzene rings is 2. The van der Waals surface area contributed by atoms with E-state index in [1.54, 1.807) is 23.1 Å². The average molecular weight is 463 g/mol. The first-order valence-corrected chi connectivity index (χ1v) is 10.4. The van der Waals surface area contributed by atoms with Gasteiger partial charge in [0, 0.05) is 48.3 Å². The summed E-state index contributed by atoms with van der Waals surface area (Å²) >= 11 is 0. The molecule has 0 radical (unpaired) electrons. The van der Waals surface area contributed by atoms with Crippen molar-refractivity contribution in [2.24, 2.45) is 5.92 Å². The highest BCUT2D eigenvalue weighted by atomic mass is 19.4. The average Bonchev–Trinajstić information content (AvgIpc) is 3.10. The molecule has 33 heavy (non-hydrogen) atoms. The predicted molar refractivity (Wildman–Crippen MR) is 111 cm³/mol. The molecule has 174 valence electrons. The van der Waals surface area contributed by atoms with Gasteiger partial charge in [0.05, 0.1) is 11.6 Å². The first-order valence-electron chi connectivity index (χ1n) is 10.4. The molecule has 2 aromatic carbocycles. The first kappa shape index (κ1) is 22.8. The maximum atomic E-state index is 13.8. The van der Waals surface area contributed by atoms with Crippen molar-refractivity contribution in [3.63, 3.8) is 0 Å². The van der Waals surface area contributed by atoms with Crippen LogP contribution in [0.25, 0.3) is 0 Å². The van der Waals surface area contributed by atoms with Crippen LogP contribution in [-0.4, -0.2) is 35.7 Å². The largest absolute Gasteiger partial charge is 0.416 e. The number of hydrogen-bond donors (Lipinski definition) is 2. The van der Waals surface area contributed by atoms with Crippen molar-refractivity contribution in [3.8, 4) is 0 Å². The van der Waals surface area contributed by atoms with Gasteiger partial charge in [0.1, 0.15) is 5.82 Å². The van der Waals surface area contributed by atoms with Crippen molar-refractivity contribution >= 4 is 23.4 Å². The van der Waals surface area contributed by atoms with E-state index in [4.69, 9.17) is 0 Å². The third-order valence-electron chi connectivity index (χ3n) is 6.06. The Morgan fingerprint density at radius 3 is 2.64 bits per heavy atom. The van der Waals surface area contributed by atoms with Crippen LogP contribution in [-0.2, 0) is 11.0 Å². The quantitative estimate of drug-likeness (QED) is 0.672. The highest BCUT2D eigenvalue weighted by Crippen LogP contribution is 2.40. The fourth-order valence-electron chi connectivity index (χ4n) is 4.50. The number of carbonyl (C=O) groups is 3. The predicted octanol–water partition coefficient (Wildman–Crippen LogP) is 4.14. The van der Waals surface area contributed by atoms with E-state index in [1.165, 1.54) is 6.92 Å². The molecular formula is C23H21F4N3O3. The number of nitrogens with one attached hydrogen (secondary N) is 2. The van der Waals surface area contributed by atoms with E-state index < -0.39 is 35.1 Å². The number of carbonyl (C=O) groups excluding carboxylic acids is 3. The van der Waals surface area contributed by atoms with E-state index >= 15 is 0 Å². The molecule has 2 aromatic rings. The summed E-state index contributed by atoms with van der Waals surface area (Å²) in [6.45, 7) is 2.53. The van der Waals surface area contributed by atoms with E-state index in [0.717, 1.165) is 18.9 Å². The summed E-state index contributed by atoms with van der Waals surface area (Å²) in [6.07, 6.45) is -3.31. The van der Waals surface area contributed by atoms with Gasteiger partial charge < -0.3 is 15.5 Å². The Morgan fingerprint density at radius 2 is 1.94 bits per heavy atom. The summed E-state index contributed by atoms with van der Waals surface area (Å²) in [6, 6.07) is 5.82. The van der Waals surface area contributed by atoms with Gasteiger partial charge in [0.2, 0.25) is 5.91 Å². The van der Waals surface area contributed by atoms with Crippen molar-refractivity contribution in [1.29, 1.82) is 0 Å². The third kappa shape index (κ3) is 4.55. The molecule has 6 nitrogen and oxygen atoms in total. The van der Waals surface area contributed by atoms with E-state index in [9.17, 15) is 31.9 Å². The third-order valence-corrected chi connectivity index (χ3v) is 6.06. The molecule has 2 unspecified atom stereocenters. The molecule has 0 spiro atoms. The van der Waals surface area contributed by atoms with Crippen LogP contribution in [0.2, 0.25) is 0 Å². The first-order chi connectivity index (χ1) is 15.5. The van der Waals surface area contributed by atoms with Crippen LogP contribution >= 0.6 is 0 Å². The number of piperidine rings is 1. The topological polar surface area (TPSA) is 78.5 Å². The molecule has 2 aliphatic rings. The zero-order valence-corrected chi connectivity index (χ0v) is 17.6. The number of anilines is 1. The zero-order valence-electron chi connectivity index (χ0n) is 17.6. The number of rotatable bonds is 3. The van der Waals surface area contributed by atoms with Crippen LogP contribution in [0, 0.1) is 11.7 Å². The minimum absolute atomic E-state index is 0.0718. The highest BCUT2D eigenvalue weighted by Gasteiger charge is 2.39. The zero-order chi connectivity index (χ0) is 23.9. The van der Waals surface area contributed by atoms with Gasteiger partial charge in [0.15, 0.2) is 0 Å². The summed E-state index contributed by atoms with van der Waals surface area (Å²) in [4.78, 5) is 38.8. The SMILES string of the molecule is CC(=O)N1CCCC(C2NC(=O)c3cccc(NC(=O)c4cc(F)cc(C(F)(F)F)c4)c32)C1. The molecule has 2 N–H and O–H groups in total. The maximum absolute atomic E-state index is 13.8. The number of nitrogens with zero attached hydrogens (tertiary/aromatic N) is 1. The Balaban J connectivity index is 1.65. The molecule has 0 aromatic heterocycles. The Kier molecular flexibility index (Phi) is 5.85. The highest BCUT2D eigenvalue weighted by molar-refractivity contribution is 6.07. The molecular weight excluding hydrogens is 442 g/mol. The Morgan fingerprint density at radius 1 is 1.18 bits per heavy atom. The van der Waals surface area contributed by atoms with Gasteiger partial charge >= 0.3 is 6.18 Å². The van der Waals surface area contributed by atoms with E-state index in [2.05, 4.69) is 10.6 Å². The fraction of sp³-hybridized carbons (Fsp3) is 0.348. The number of amides is 3. The van der Waals surface area contributed by atoms with Crippen LogP contribution < -0.4 is 10.6 Å². The molecule has 3 amide bonds. The normalized spacial score (nSPS) is 20.3. The van der Waals surface area contributed by atoms with Gasteiger partial charge in [-0.3, -0.25) is 14.4 Å². The van der Waals surface area contributed by atoms with Crippen molar-refractivity contribution in [2.75, 3.05) is 18.4 Å². The molecule has 2 heterocycles. The smallest absolute Gasteiger partial charge is 0.345 e. The second kappa shape index (κ2) is 8.49. The number of likely N-dealkylation sites (tertiary alicyclic amines) is 1. The monoisotopic (exact) mass is 463 g/mol. The van der Waals surface area contributed by atoms with Crippen molar-refractivity contribution < 1.29 is 31.9 Å². The van der Waals surface area contributed by atoms with Gasteiger partial charge in [-0.2, -0.15) is 13.2 Å². The van der Waals surface area contributed by atoms with Gasteiger partial charge in [0.25, 0.3) is 11.8 Å². The molecule has 1 fully saturated rings. The van der Waals surface area contributed by atoms with Crippen LogP contribution in [0.4, 0.5) is 23.2 Å². The molecule has 0 aliphatic carbocycles. The lowest BCUT2D eigenvalue weighted by Crippen LogP contribution is -2.42. The van der Waals surface area contributed by atoms with E-state index in [-0.39, 0.29) is 23.4 Å². The van der Waals surface area contributed by atoms with Crippen LogP contribution in [0.15, 0.2) is 36.4 Å². The number of alkyl halides is 3. The molecule has 0 saturated carbocycles. The number of halogens is 4. The van der Waals surface area contributed by atoms with Gasteiger partial charge in [-0.05, 0) is 43.2 Å². The summed E-state index contributed by atoms with van der Waals surface area (Å²) in [5, 5.41) is 5.45. The van der Waals surface area contributed by atoms with Crippen molar-refractivity contribution in [2.45, 2.75) is 32.0 Å². The lowest BCUT2D eigenvalue weighted by molar-refractivity contribution is -0.137. The molecule has 4 rings (SSSR count). The summed E-state index contributed by atoms with van der Waals surface area (Å²) in [7, 11) is 0. The Bertz CT molecular complexity index is 1130. The van der Waals surface area contributed by atoms with Gasteiger partial charge in [-0.25, -0.2) is 4.39 Å². The number of fused-ring (bicyclic) bond motifs is 1. The van der Waals surface area contributed by atoms with Crippen LogP contribution in [0.1, 0.15) is 57.7 Å². The molecule has 10 heteroatoms. The van der Waals surface area contributed by atoms with E-state index in [1.807, 2.05) is 0 Å². The summed E-state index contributed by atoms with van der Waals surface area (Å²) in [5.41, 5.74) is -0.660. The standard InChI is InChI=1S/C23H21F4N3O3/c1-12(31)30-7-3-4-13(11-30)20-19-17(22(33)29-20)5-2-6-18(19)28-21(32)14-8-15(23(25,26)27)10-16(24)9-14/h2,5-6,8-10,13,20H,3-4,7,11H2,1H3,(H,28,32)(H,29,33). The molecule has 2 atom stereocenters. The Labute approximate surface area is 186 Å². The summed E-state index contributed by atoms with van der Waals surface area (Å²) < 4.78 is 52.9. The molecule has 1 saturated heterocycles. The van der Waals surface area contributed by atoms with Crippen molar-refractivity contribution in [1.82, 2.24) is 10.2 Å². The second-order valence-corrected chi connectivity index (χ2v) is 8.27. The number of hydrogen-bond acceptors (Lipinski definition) is 3. The fourth-order valence-corrected chi connectivity index (χ4v) is 4.50. The lowest BCUT2D eigenvalue weighted by Gasteiger charge is -2.35. The maximum Gasteiger partial charge on any atom is 0.416 e.